The Bertz CT molecular complexity index is 704. The monoisotopic (exact) mass is 295 g/mol. The van der Waals surface area contributed by atoms with Gasteiger partial charge in [0.1, 0.15) is 0 Å². The molecular formula is C19H21NO2. The predicted octanol–water partition coefficient (Wildman–Crippen LogP) is 3.69. The van der Waals surface area contributed by atoms with Gasteiger partial charge in [-0.15, -0.1) is 0 Å². The summed E-state index contributed by atoms with van der Waals surface area (Å²) >= 11 is 0. The zero-order valence-electron chi connectivity index (χ0n) is 13.3. The summed E-state index contributed by atoms with van der Waals surface area (Å²) in [7, 11) is 0. The molecule has 0 fully saturated rings. The number of hydrogen-bond donors (Lipinski definition) is 1. The lowest BCUT2D eigenvalue weighted by Crippen LogP contribution is -2.24. The van der Waals surface area contributed by atoms with Crippen LogP contribution < -0.4 is 5.32 Å². The van der Waals surface area contributed by atoms with Crippen molar-refractivity contribution in [3.8, 4) is 0 Å². The molecule has 22 heavy (non-hydrogen) atoms. The molecular weight excluding hydrogens is 274 g/mol. The Morgan fingerprint density at radius 1 is 1.00 bits per heavy atom. The van der Waals surface area contributed by atoms with Crippen LogP contribution in [0.15, 0.2) is 42.5 Å². The molecule has 1 N–H and O–H groups in total. The Labute approximate surface area is 131 Å². The SMILES string of the molecule is CCc1c(CNC(=O)c2ccccc2C)cccc1C(C)=O. The summed E-state index contributed by atoms with van der Waals surface area (Å²) in [5.41, 5.74) is 4.39. The highest BCUT2D eigenvalue weighted by molar-refractivity contribution is 5.96. The average Bonchev–Trinajstić information content (AvgIpc) is 2.52. The second-order valence-electron chi connectivity index (χ2n) is 5.35. The minimum atomic E-state index is -0.0895. The van der Waals surface area contributed by atoms with E-state index in [2.05, 4.69) is 5.32 Å². The van der Waals surface area contributed by atoms with E-state index in [1.165, 1.54) is 0 Å². The van der Waals surface area contributed by atoms with Gasteiger partial charge in [-0.3, -0.25) is 9.59 Å². The second-order valence-corrected chi connectivity index (χ2v) is 5.35. The lowest BCUT2D eigenvalue weighted by molar-refractivity contribution is 0.0949. The maximum Gasteiger partial charge on any atom is 0.251 e. The molecule has 0 atom stereocenters. The lowest BCUT2D eigenvalue weighted by atomic mass is 9.96. The first-order valence-electron chi connectivity index (χ1n) is 7.50. The molecule has 0 spiro atoms. The third-order valence-corrected chi connectivity index (χ3v) is 3.83. The number of benzene rings is 2. The normalized spacial score (nSPS) is 10.3. The van der Waals surface area contributed by atoms with E-state index in [4.69, 9.17) is 0 Å². The first-order valence-corrected chi connectivity index (χ1v) is 7.50. The van der Waals surface area contributed by atoms with Crippen molar-refractivity contribution in [3.63, 3.8) is 0 Å². The third kappa shape index (κ3) is 3.42. The van der Waals surface area contributed by atoms with E-state index in [0.717, 1.165) is 28.7 Å². The van der Waals surface area contributed by atoms with Gasteiger partial charge in [0, 0.05) is 17.7 Å². The van der Waals surface area contributed by atoms with Crippen LogP contribution in [0.4, 0.5) is 0 Å². The molecule has 2 rings (SSSR count). The Morgan fingerprint density at radius 3 is 2.32 bits per heavy atom. The molecule has 0 saturated carbocycles. The Kier molecular flexibility index (Phi) is 5.10. The summed E-state index contributed by atoms with van der Waals surface area (Å²) < 4.78 is 0. The molecule has 2 aromatic carbocycles. The van der Waals surface area contributed by atoms with Gasteiger partial charge >= 0.3 is 0 Å². The van der Waals surface area contributed by atoms with Crippen molar-refractivity contribution in [3.05, 3.63) is 70.3 Å². The quantitative estimate of drug-likeness (QED) is 0.855. The van der Waals surface area contributed by atoms with Gasteiger partial charge in [0.25, 0.3) is 5.91 Å². The molecule has 0 aromatic heterocycles. The number of ketones is 1. The Morgan fingerprint density at radius 2 is 1.68 bits per heavy atom. The molecule has 0 unspecified atom stereocenters. The topological polar surface area (TPSA) is 46.2 Å². The fourth-order valence-corrected chi connectivity index (χ4v) is 2.65. The van der Waals surface area contributed by atoms with Crippen molar-refractivity contribution in [1.82, 2.24) is 5.32 Å². The van der Waals surface area contributed by atoms with Crippen LogP contribution in [0.3, 0.4) is 0 Å². The van der Waals surface area contributed by atoms with E-state index in [0.29, 0.717) is 12.1 Å². The highest BCUT2D eigenvalue weighted by atomic mass is 16.1. The van der Waals surface area contributed by atoms with Gasteiger partial charge in [-0.1, -0.05) is 43.3 Å². The van der Waals surface area contributed by atoms with Crippen molar-refractivity contribution < 1.29 is 9.59 Å². The average molecular weight is 295 g/mol. The van der Waals surface area contributed by atoms with Crippen LogP contribution in [-0.4, -0.2) is 11.7 Å². The predicted molar refractivity (Wildman–Crippen MR) is 88.2 cm³/mol. The molecule has 3 heteroatoms. The first kappa shape index (κ1) is 16.0. The molecule has 0 bridgehead atoms. The van der Waals surface area contributed by atoms with Crippen molar-refractivity contribution in [2.75, 3.05) is 0 Å². The van der Waals surface area contributed by atoms with Gasteiger partial charge in [0.05, 0.1) is 0 Å². The van der Waals surface area contributed by atoms with Crippen LogP contribution in [0.2, 0.25) is 0 Å². The fraction of sp³-hybridized carbons (Fsp3) is 0.263. The van der Waals surface area contributed by atoms with Crippen molar-refractivity contribution >= 4 is 11.7 Å². The van der Waals surface area contributed by atoms with E-state index in [-0.39, 0.29) is 11.7 Å². The fourth-order valence-electron chi connectivity index (χ4n) is 2.65. The highest BCUT2D eigenvalue weighted by Crippen LogP contribution is 2.17. The van der Waals surface area contributed by atoms with E-state index >= 15 is 0 Å². The first-order chi connectivity index (χ1) is 10.5. The summed E-state index contributed by atoms with van der Waals surface area (Å²) in [4.78, 5) is 24.0. The highest BCUT2D eigenvalue weighted by Gasteiger charge is 2.12. The number of carbonyl (C=O) groups is 2. The largest absolute Gasteiger partial charge is 0.348 e. The summed E-state index contributed by atoms with van der Waals surface area (Å²) in [5, 5.41) is 2.95. The Balaban J connectivity index is 2.19. The maximum atomic E-state index is 12.3. The zero-order chi connectivity index (χ0) is 16.1. The number of hydrogen-bond acceptors (Lipinski definition) is 2. The van der Waals surface area contributed by atoms with E-state index < -0.39 is 0 Å². The summed E-state index contributed by atoms with van der Waals surface area (Å²) in [6.07, 6.45) is 0.769. The molecule has 3 nitrogen and oxygen atoms in total. The van der Waals surface area contributed by atoms with Gasteiger partial charge in [0.15, 0.2) is 5.78 Å². The van der Waals surface area contributed by atoms with Gasteiger partial charge in [0.2, 0.25) is 0 Å². The molecule has 114 valence electrons. The Hall–Kier alpha value is -2.42. The maximum absolute atomic E-state index is 12.3. The number of rotatable bonds is 5. The van der Waals surface area contributed by atoms with Crippen LogP contribution in [0, 0.1) is 6.92 Å². The third-order valence-electron chi connectivity index (χ3n) is 3.83. The van der Waals surface area contributed by atoms with Crippen molar-refractivity contribution in [2.24, 2.45) is 0 Å². The molecule has 0 heterocycles. The van der Waals surface area contributed by atoms with E-state index in [9.17, 15) is 9.59 Å². The minimum absolute atomic E-state index is 0.0592. The smallest absolute Gasteiger partial charge is 0.251 e. The van der Waals surface area contributed by atoms with Crippen LogP contribution in [0.25, 0.3) is 0 Å². The number of amides is 1. The molecule has 0 aliphatic rings. The number of carbonyl (C=O) groups excluding carboxylic acids is 2. The van der Waals surface area contributed by atoms with Crippen molar-refractivity contribution in [1.29, 1.82) is 0 Å². The van der Waals surface area contributed by atoms with Gasteiger partial charge in [-0.05, 0) is 43.0 Å². The number of aryl methyl sites for hydroxylation is 1. The van der Waals surface area contributed by atoms with Crippen LogP contribution in [0.5, 0.6) is 0 Å². The van der Waals surface area contributed by atoms with Crippen LogP contribution in [0.1, 0.15) is 51.3 Å². The van der Waals surface area contributed by atoms with Crippen molar-refractivity contribution in [2.45, 2.75) is 33.7 Å². The van der Waals surface area contributed by atoms with Gasteiger partial charge in [-0.2, -0.15) is 0 Å². The minimum Gasteiger partial charge on any atom is -0.348 e. The summed E-state index contributed by atoms with van der Waals surface area (Å²) in [6.45, 7) is 5.94. The van der Waals surface area contributed by atoms with Crippen LogP contribution >= 0.6 is 0 Å². The molecule has 0 aliphatic carbocycles. The summed E-state index contributed by atoms with van der Waals surface area (Å²) in [5.74, 6) is -0.0303. The van der Waals surface area contributed by atoms with Crippen LogP contribution in [-0.2, 0) is 13.0 Å². The molecule has 1 amide bonds. The van der Waals surface area contributed by atoms with Gasteiger partial charge < -0.3 is 5.32 Å². The van der Waals surface area contributed by atoms with E-state index in [1.54, 1.807) is 6.92 Å². The number of Topliss-reactive ketones (excluding diaryl/α,β-unsaturated/α-hetero) is 1. The molecule has 0 saturated heterocycles. The van der Waals surface area contributed by atoms with E-state index in [1.807, 2.05) is 56.3 Å². The molecule has 0 aliphatic heterocycles. The number of nitrogens with one attached hydrogen (secondary N) is 1. The summed E-state index contributed by atoms with van der Waals surface area (Å²) in [6, 6.07) is 13.2. The second kappa shape index (κ2) is 7.03. The zero-order valence-corrected chi connectivity index (χ0v) is 13.3. The standard InChI is InChI=1S/C19H21NO2/c1-4-16-15(9-7-11-18(16)14(3)21)12-20-19(22)17-10-6-5-8-13(17)2/h5-11H,4,12H2,1-3H3,(H,20,22). The van der Waals surface area contributed by atoms with Gasteiger partial charge in [-0.25, -0.2) is 0 Å². The molecule has 0 radical (unpaired) electrons. The lowest BCUT2D eigenvalue weighted by Gasteiger charge is -2.13. The molecule has 2 aromatic rings.